The molecule has 0 spiro atoms. The van der Waals surface area contributed by atoms with Gasteiger partial charge in [-0.2, -0.15) is 0 Å². The van der Waals surface area contributed by atoms with E-state index in [2.05, 4.69) is 146 Å². The van der Waals surface area contributed by atoms with Crippen molar-refractivity contribution in [1.29, 1.82) is 0 Å². The summed E-state index contributed by atoms with van der Waals surface area (Å²) in [6.45, 7) is 2.16. The first-order valence-corrected chi connectivity index (χ1v) is 13.1. The molecule has 0 saturated carbocycles. The summed E-state index contributed by atoms with van der Waals surface area (Å²) in [6, 6.07) is 51.3. The van der Waals surface area contributed by atoms with Gasteiger partial charge in [-0.1, -0.05) is 145 Å². The largest absolute Gasteiger partial charge is 0.179 e. The van der Waals surface area contributed by atoms with Crippen LogP contribution in [0.25, 0.3) is 11.1 Å². The van der Waals surface area contributed by atoms with Crippen LogP contribution in [0.4, 0.5) is 0 Å². The third kappa shape index (κ3) is 3.61. The van der Waals surface area contributed by atoms with Crippen LogP contribution in [-0.4, -0.2) is 8.07 Å². The van der Waals surface area contributed by atoms with Gasteiger partial charge in [0.1, 0.15) is 0 Å². The standard InChI is InChI=1S/C31H26Si/c1-25-13-11-14-26(23-25)27-15-12-22-31(24-27)32(28-16-5-2-6-17-28,29-18-7-3-8-19-29)30-20-9-4-10-21-30/h2-24H,1H3. The molecule has 0 nitrogen and oxygen atoms in total. The molecule has 32 heavy (non-hydrogen) atoms. The van der Waals surface area contributed by atoms with E-state index in [9.17, 15) is 0 Å². The van der Waals surface area contributed by atoms with Crippen LogP contribution in [0.3, 0.4) is 0 Å². The van der Waals surface area contributed by atoms with Crippen molar-refractivity contribution in [2.75, 3.05) is 0 Å². The monoisotopic (exact) mass is 426 g/mol. The molecule has 5 aromatic rings. The van der Waals surface area contributed by atoms with Gasteiger partial charge in [0.05, 0.1) is 0 Å². The second kappa shape index (κ2) is 8.82. The van der Waals surface area contributed by atoms with Gasteiger partial charge in [0, 0.05) is 0 Å². The summed E-state index contributed by atoms with van der Waals surface area (Å²) in [7, 11) is -2.48. The van der Waals surface area contributed by atoms with E-state index in [1.165, 1.54) is 37.4 Å². The van der Waals surface area contributed by atoms with Crippen molar-refractivity contribution in [3.8, 4) is 11.1 Å². The van der Waals surface area contributed by atoms with Crippen molar-refractivity contribution < 1.29 is 0 Å². The summed E-state index contributed by atoms with van der Waals surface area (Å²) in [5.74, 6) is 0. The van der Waals surface area contributed by atoms with E-state index in [4.69, 9.17) is 0 Å². The zero-order valence-electron chi connectivity index (χ0n) is 18.3. The Morgan fingerprint density at radius 2 is 0.781 bits per heavy atom. The highest BCUT2D eigenvalue weighted by atomic mass is 28.3. The van der Waals surface area contributed by atoms with Crippen LogP contribution in [0.1, 0.15) is 5.56 Å². The first kappa shape index (κ1) is 20.2. The molecule has 0 amide bonds. The fourth-order valence-corrected chi connectivity index (χ4v) is 9.62. The third-order valence-electron chi connectivity index (χ3n) is 6.27. The van der Waals surface area contributed by atoms with E-state index < -0.39 is 8.07 Å². The summed E-state index contributed by atoms with van der Waals surface area (Å²) in [4.78, 5) is 0. The maximum absolute atomic E-state index is 2.48. The van der Waals surface area contributed by atoms with Crippen molar-refractivity contribution in [2.24, 2.45) is 0 Å². The summed E-state index contributed by atoms with van der Waals surface area (Å²) in [6.07, 6.45) is 0. The van der Waals surface area contributed by atoms with Crippen molar-refractivity contribution in [2.45, 2.75) is 6.92 Å². The van der Waals surface area contributed by atoms with Crippen LogP contribution in [0, 0.1) is 6.92 Å². The highest BCUT2D eigenvalue weighted by molar-refractivity contribution is 7.19. The quantitative estimate of drug-likeness (QED) is 0.273. The van der Waals surface area contributed by atoms with Crippen LogP contribution in [-0.2, 0) is 0 Å². The highest BCUT2D eigenvalue weighted by Gasteiger charge is 2.41. The molecular formula is C31H26Si. The first-order valence-electron chi connectivity index (χ1n) is 11.1. The van der Waals surface area contributed by atoms with Crippen LogP contribution < -0.4 is 20.7 Å². The highest BCUT2D eigenvalue weighted by Crippen LogP contribution is 2.21. The van der Waals surface area contributed by atoms with Gasteiger partial charge in [0.15, 0.2) is 8.07 Å². The molecule has 0 fully saturated rings. The number of hydrogen-bond donors (Lipinski definition) is 0. The smallest absolute Gasteiger partial charge is 0.0623 e. The zero-order valence-corrected chi connectivity index (χ0v) is 19.3. The topological polar surface area (TPSA) is 0 Å². The number of hydrogen-bond acceptors (Lipinski definition) is 0. The van der Waals surface area contributed by atoms with Gasteiger partial charge in [0.2, 0.25) is 0 Å². The molecule has 0 N–H and O–H groups in total. The SMILES string of the molecule is Cc1cccc(-c2cccc([Si](c3ccccc3)(c3ccccc3)c3ccccc3)c2)c1. The minimum atomic E-state index is -2.48. The second-order valence-corrected chi connectivity index (χ2v) is 12.1. The maximum Gasteiger partial charge on any atom is 0.179 e. The first-order chi connectivity index (χ1) is 15.8. The maximum atomic E-state index is 2.42. The van der Waals surface area contributed by atoms with Gasteiger partial charge < -0.3 is 0 Å². The molecule has 0 unspecified atom stereocenters. The summed E-state index contributed by atoms with van der Waals surface area (Å²) in [5, 5.41) is 5.61. The lowest BCUT2D eigenvalue weighted by atomic mass is 10.0. The molecule has 154 valence electrons. The van der Waals surface area contributed by atoms with Gasteiger partial charge in [-0.05, 0) is 38.8 Å². The molecule has 5 aromatic carbocycles. The van der Waals surface area contributed by atoms with Crippen molar-refractivity contribution in [3.63, 3.8) is 0 Å². The Morgan fingerprint density at radius 1 is 0.375 bits per heavy atom. The van der Waals surface area contributed by atoms with Gasteiger partial charge in [-0.3, -0.25) is 0 Å². The Bertz CT molecular complexity index is 1210. The van der Waals surface area contributed by atoms with E-state index in [1.54, 1.807) is 0 Å². The van der Waals surface area contributed by atoms with E-state index in [-0.39, 0.29) is 0 Å². The number of rotatable bonds is 5. The zero-order chi connectivity index (χ0) is 21.8. The fraction of sp³-hybridized carbons (Fsp3) is 0.0323. The molecule has 1 heteroatoms. The average molecular weight is 427 g/mol. The van der Waals surface area contributed by atoms with E-state index in [0.29, 0.717) is 0 Å². The number of benzene rings is 5. The summed E-state index contributed by atoms with van der Waals surface area (Å²) >= 11 is 0. The molecule has 0 aromatic heterocycles. The minimum Gasteiger partial charge on any atom is -0.0623 e. The summed E-state index contributed by atoms with van der Waals surface area (Å²) in [5.41, 5.74) is 3.82. The van der Waals surface area contributed by atoms with Crippen LogP contribution >= 0.6 is 0 Å². The molecule has 0 atom stereocenters. The Hall–Kier alpha value is -3.68. The van der Waals surface area contributed by atoms with Gasteiger partial charge in [-0.15, -0.1) is 0 Å². The Morgan fingerprint density at radius 3 is 1.25 bits per heavy atom. The van der Waals surface area contributed by atoms with Crippen molar-refractivity contribution in [3.05, 3.63) is 145 Å². The van der Waals surface area contributed by atoms with E-state index >= 15 is 0 Å². The predicted molar refractivity (Wildman–Crippen MR) is 140 cm³/mol. The van der Waals surface area contributed by atoms with Crippen molar-refractivity contribution in [1.82, 2.24) is 0 Å². The molecule has 5 rings (SSSR count). The molecule has 0 radical (unpaired) electrons. The predicted octanol–water partition coefficient (Wildman–Crippen LogP) is 5.04. The summed E-state index contributed by atoms with van der Waals surface area (Å²) < 4.78 is 0. The van der Waals surface area contributed by atoms with Gasteiger partial charge in [-0.25, -0.2) is 0 Å². The molecule has 0 heterocycles. The minimum absolute atomic E-state index is 1.27. The third-order valence-corrected chi connectivity index (χ3v) is 11.0. The molecule has 0 aliphatic carbocycles. The Labute approximate surface area is 191 Å². The number of aryl methyl sites for hydroxylation is 1. The van der Waals surface area contributed by atoms with E-state index in [1.807, 2.05) is 0 Å². The lowest BCUT2D eigenvalue weighted by molar-refractivity contribution is 1.47. The van der Waals surface area contributed by atoms with Crippen LogP contribution in [0.5, 0.6) is 0 Å². The molecular weight excluding hydrogens is 400 g/mol. The van der Waals surface area contributed by atoms with Gasteiger partial charge >= 0.3 is 0 Å². The van der Waals surface area contributed by atoms with E-state index in [0.717, 1.165) is 0 Å². The second-order valence-electron chi connectivity index (χ2n) is 8.30. The van der Waals surface area contributed by atoms with Crippen molar-refractivity contribution >= 4 is 28.8 Å². The molecule has 0 saturated heterocycles. The Balaban J connectivity index is 1.85. The molecule has 0 aliphatic rings. The average Bonchev–Trinajstić information content (AvgIpc) is 2.87. The normalized spacial score (nSPS) is 11.3. The lowest BCUT2D eigenvalue weighted by Gasteiger charge is -2.34. The Kier molecular flexibility index (Phi) is 5.58. The molecule has 0 aliphatic heterocycles. The van der Waals surface area contributed by atoms with Gasteiger partial charge in [0.25, 0.3) is 0 Å². The molecule has 0 bridgehead atoms. The lowest BCUT2D eigenvalue weighted by Crippen LogP contribution is -2.74. The fourth-order valence-electron chi connectivity index (χ4n) is 4.82. The van der Waals surface area contributed by atoms with Crippen LogP contribution in [0.2, 0.25) is 0 Å². The van der Waals surface area contributed by atoms with Crippen LogP contribution in [0.15, 0.2) is 140 Å².